The van der Waals surface area contributed by atoms with E-state index in [-0.39, 0.29) is 6.03 Å². The lowest BCUT2D eigenvalue weighted by molar-refractivity contribution is 0.252. The molecule has 3 rings (SSSR count). The Morgan fingerprint density at radius 2 is 1.84 bits per heavy atom. The molecule has 0 atom stereocenters. The molecule has 2 aromatic carbocycles. The number of carbonyl (C=O) groups is 1. The molecule has 0 aliphatic rings. The van der Waals surface area contributed by atoms with E-state index in [2.05, 4.69) is 15.6 Å². The molecule has 1 aromatic heterocycles. The number of nitrogens with one attached hydrogen (secondary N) is 2. The second-order valence-electron chi connectivity index (χ2n) is 5.31. The fraction of sp³-hybridized carbons (Fsp3) is 0.222. The van der Waals surface area contributed by atoms with Gasteiger partial charge in [0.2, 0.25) is 0 Å². The fourth-order valence-corrected chi connectivity index (χ4v) is 3.29. The molecule has 6 nitrogen and oxygen atoms in total. The third kappa shape index (κ3) is 4.19. The zero-order valence-electron chi connectivity index (χ0n) is 14.0. The van der Waals surface area contributed by atoms with Gasteiger partial charge in [-0.05, 0) is 12.0 Å². The van der Waals surface area contributed by atoms with Crippen molar-refractivity contribution in [2.24, 2.45) is 0 Å². The van der Waals surface area contributed by atoms with Crippen LogP contribution in [0.5, 0.6) is 11.5 Å². The minimum atomic E-state index is -0.270. The van der Waals surface area contributed by atoms with Gasteiger partial charge in [-0.3, -0.25) is 5.32 Å². The van der Waals surface area contributed by atoms with Crippen LogP contribution in [0.4, 0.5) is 9.93 Å². The van der Waals surface area contributed by atoms with Gasteiger partial charge < -0.3 is 14.8 Å². The molecule has 3 aromatic rings. The van der Waals surface area contributed by atoms with E-state index in [1.54, 1.807) is 20.3 Å². The van der Waals surface area contributed by atoms with E-state index in [9.17, 15) is 4.79 Å². The lowest BCUT2D eigenvalue weighted by Gasteiger charge is -2.05. The van der Waals surface area contributed by atoms with Crippen molar-refractivity contribution in [2.75, 3.05) is 26.1 Å². The molecule has 0 radical (unpaired) electrons. The van der Waals surface area contributed by atoms with Gasteiger partial charge in [0, 0.05) is 18.7 Å². The van der Waals surface area contributed by atoms with Crippen LogP contribution in [0.3, 0.4) is 0 Å². The molecule has 2 amide bonds. The Morgan fingerprint density at radius 3 is 2.56 bits per heavy atom. The summed E-state index contributed by atoms with van der Waals surface area (Å²) in [5, 5.41) is 6.13. The van der Waals surface area contributed by atoms with Crippen LogP contribution in [0.2, 0.25) is 0 Å². The summed E-state index contributed by atoms with van der Waals surface area (Å²) in [5.41, 5.74) is 1.93. The Balaban J connectivity index is 1.61. The van der Waals surface area contributed by atoms with Crippen LogP contribution >= 0.6 is 11.3 Å². The second kappa shape index (κ2) is 7.85. The van der Waals surface area contributed by atoms with E-state index in [4.69, 9.17) is 9.47 Å². The van der Waals surface area contributed by atoms with Gasteiger partial charge in [-0.1, -0.05) is 41.7 Å². The molecular formula is C18H19N3O3S. The third-order valence-electron chi connectivity index (χ3n) is 3.66. The van der Waals surface area contributed by atoms with Crippen LogP contribution in [0.1, 0.15) is 5.56 Å². The number of rotatable bonds is 6. The number of carbonyl (C=O) groups excluding carboxylic acids is 1. The van der Waals surface area contributed by atoms with Crippen LogP contribution in [-0.4, -0.2) is 31.8 Å². The van der Waals surface area contributed by atoms with Gasteiger partial charge in [-0.25, -0.2) is 9.78 Å². The van der Waals surface area contributed by atoms with Crippen molar-refractivity contribution in [3.8, 4) is 11.5 Å². The van der Waals surface area contributed by atoms with Gasteiger partial charge in [0.05, 0.1) is 24.4 Å². The maximum atomic E-state index is 12.0. The summed E-state index contributed by atoms with van der Waals surface area (Å²) in [7, 11) is 3.17. The third-order valence-corrected chi connectivity index (χ3v) is 4.59. The zero-order valence-corrected chi connectivity index (χ0v) is 14.9. The monoisotopic (exact) mass is 357 g/mol. The number of urea groups is 1. The summed E-state index contributed by atoms with van der Waals surface area (Å²) in [5.74, 6) is 1.25. The molecule has 2 N–H and O–H groups in total. The van der Waals surface area contributed by atoms with Gasteiger partial charge in [-0.2, -0.15) is 0 Å². The molecule has 0 spiro atoms. The van der Waals surface area contributed by atoms with Crippen molar-refractivity contribution in [1.82, 2.24) is 10.3 Å². The second-order valence-corrected chi connectivity index (χ2v) is 6.34. The lowest BCUT2D eigenvalue weighted by atomic mass is 10.1. The Labute approximate surface area is 149 Å². The van der Waals surface area contributed by atoms with Crippen molar-refractivity contribution >= 4 is 32.7 Å². The molecule has 1 heterocycles. The quantitative estimate of drug-likeness (QED) is 0.706. The van der Waals surface area contributed by atoms with Crippen LogP contribution < -0.4 is 20.1 Å². The zero-order chi connectivity index (χ0) is 17.6. The minimum absolute atomic E-state index is 0.270. The number of thiazole rings is 1. The topological polar surface area (TPSA) is 72.5 Å². The number of methoxy groups -OCH3 is 2. The predicted molar refractivity (Wildman–Crippen MR) is 99.9 cm³/mol. The predicted octanol–water partition coefficient (Wildman–Crippen LogP) is 3.68. The first-order valence-electron chi connectivity index (χ1n) is 7.81. The highest BCUT2D eigenvalue weighted by Gasteiger charge is 2.12. The standard InChI is InChI=1S/C18H19N3O3S/c1-23-14-10-13-16(11-15(14)24-2)25-18(20-13)21-17(22)19-9-8-12-6-4-3-5-7-12/h3-7,10-11H,8-9H2,1-2H3,(H2,19,20,21,22). The Bertz CT molecular complexity index is 824. The molecule has 25 heavy (non-hydrogen) atoms. The average Bonchev–Trinajstić information content (AvgIpc) is 3.02. The number of fused-ring (bicyclic) bond motifs is 1. The molecule has 0 unspecified atom stereocenters. The number of hydrogen-bond donors (Lipinski definition) is 2. The highest BCUT2D eigenvalue weighted by molar-refractivity contribution is 7.22. The molecule has 0 saturated carbocycles. The van der Waals surface area contributed by atoms with Gasteiger partial charge >= 0.3 is 6.03 Å². The van der Waals surface area contributed by atoms with Gasteiger partial charge in [0.25, 0.3) is 0 Å². The van der Waals surface area contributed by atoms with Crippen LogP contribution in [0, 0.1) is 0 Å². The summed E-state index contributed by atoms with van der Waals surface area (Å²) < 4.78 is 11.5. The maximum Gasteiger partial charge on any atom is 0.321 e. The van der Waals surface area contributed by atoms with Crippen LogP contribution in [0.25, 0.3) is 10.2 Å². The van der Waals surface area contributed by atoms with E-state index >= 15 is 0 Å². The number of anilines is 1. The molecule has 0 saturated heterocycles. The first-order valence-corrected chi connectivity index (χ1v) is 8.62. The van der Waals surface area contributed by atoms with E-state index in [1.807, 2.05) is 36.4 Å². The van der Waals surface area contributed by atoms with E-state index in [0.29, 0.717) is 23.2 Å². The van der Waals surface area contributed by atoms with Crippen molar-refractivity contribution in [3.63, 3.8) is 0 Å². The smallest absolute Gasteiger partial charge is 0.321 e. The highest BCUT2D eigenvalue weighted by Crippen LogP contribution is 2.36. The number of ether oxygens (including phenoxy) is 2. The molecule has 0 fully saturated rings. The molecule has 130 valence electrons. The maximum absolute atomic E-state index is 12.0. The molecule has 7 heteroatoms. The molecule has 0 aliphatic heterocycles. The first-order chi connectivity index (χ1) is 12.2. The van der Waals surface area contributed by atoms with Gasteiger partial charge in [0.15, 0.2) is 16.6 Å². The van der Waals surface area contributed by atoms with Crippen LogP contribution in [-0.2, 0) is 6.42 Å². The Morgan fingerprint density at radius 1 is 1.12 bits per heavy atom. The van der Waals surface area contributed by atoms with Crippen molar-refractivity contribution < 1.29 is 14.3 Å². The van der Waals surface area contributed by atoms with E-state index in [0.717, 1.165) is 16.6 Å². The number of hydrogen-bond acceptors (Lipinski definition) is 5. The van der Waals surface area contributed by atoms with E-state index in [1.165, 1.54) is 16.9 Å². The van der Waals surface area contributed by atoms with Crippen molar-refractivity contribution in [3.05, 3.63) is 48.0 Å². The van der Waals surface area contributed by atoms with Gasteiger partial charge in [-0.15, -0.1) is 0 Å². The van der Waals surface area contributed by atoms with Crippen molar-refractivity contribution in [2.45, 2.75) is 6.42 Å². The molecular weight excluding hydrogens is 338 g/mol. The summed E-state index contributed by atoms with van der Waals surface area (Å²) in [6, 6.07) is 13.4. The van der Waals surface area contributed by atoms with Crippen LogP contribution in [0.15, 0.2) is 42.5 Å². The number of aromatic nitrogens is 1. The van der Waals surface area contributed by atoms with Gasteiger partial charge in [0.1, 0.15) is 0 Å². The number of amides is 2. The first kappa shape index (κ1) is 17.0. The SMILES string of the molecule is COc1cc2nc(NC(=O)NCCc3ccccc3)sc2cc1OC. The normalized spacial score (nSPS) is 10.5. The Kier molecular flexibility index (Phi) is 5.35. The minimum Gasteiger partial charge on any atom is -0.493 e. The largest absolute Gasteiger partial charge is 0.493 e. The number of nitrogens with zero attached hydrogens (tertiary/aromatic N) is 1. The number of benzene rings is 2. The summed E-state index contributed by atoms with van der Waals surface area (Å²) in [6.45, 7) is 0.558. The molecule has 0 bridgehead atoms. The average molecular weight is 357 g/mol. The molecule has 0 aliphatic carbocycles. The Hall–Kier alpha value is -2.80. The summed E-state index contributed by atoms with van der Waals surface area (Å²) in [6.07, 6.45) is 0.780. The highest BCUT2D eigenvalue weighted by atomic mass is 32.1. The fourth-order valence-electron chi connectivity index (χ4n) is 2.41. The van der Waals surface area contributed by atoms with E-state index < -0.39 is 0 Å². The summed E-state index contributed by atoms with van der Waals surface area (Å²) in [4.78, 5) is 16.4. The van der Waals surface area contributed by atoms with Crippen molar-refractivity contribution in [1.29, 1.82) is 0 Å². The summed E-state index contributed by atoms with van der Waals surface area (Å²) >= 11 is 1.39. The lowest BCUT2D eigenvalue weighted by Crippen LogP contribution is -2.30.